The molecule has 2 aromatic carbocycles. The minimum Gasteiger partial charge on any atom is -0.326 e. The van der Waals surface area contributed by atoms with Crippen LogP contribution in [0.2, 0.25) is 0 Å². The van der Waals surface area contributed by atoms with E-state index in [1.165, 1.54) is 10.0 Å². The standard InChI is InChI=1S/C34H38FN3O4S/c1-7-12-34(13-14-34)43(41,42)38-19-22(3)32-28(31(39)11-10-27-21(2)15-23(4)36-33(27)40)16-26(18-30(32)38)24-8-9-25(20-37(5)6)29(35)17-24/h7-9,15-19H,1,10-14,20H2,2-6H3,(H,36,40). The highest BCUT2D eigenvalue weighted by molar-refractivity contribution is 7.91. The fraction of sp³-hybridized carbons (Fsp3) is 0.353. The molecular weight excluding hydrogens is 565 g/mol. The van der Waals surface area contributed by atoms with Gasteiger partial charge in [0.25, 0.3) is 5.56 Å². The quantitative estimate of drug-likeness (QED) is 0.162. The van der Waals surface area contributed by atoms with Crippen LogP contribution < -0.4 is 5.56 Å². The number of hydrogen-bond donors (Lipinski definition) is 1. The molecule has 1 fully saturated rings. The van der Waals surface area contributed by atoms with Crippen molar-refractivity contribution in [3.05, 3.63) is 105 Å². The van der Waals surface area contributed by atoms with E-state index in [-0.39, 0.29) is 30.0 Å². The Balaban J connectivity index is 1.66. The van der Waals surface area contributed by atoms with Crippen LogP contribution in [-0.4, -0.2) is 46.9 Å². The van der Waals surface area contributed by atoms with Gasteiger partial charge in [0.2, 0.25) is 10.0 Å². The van der Waals surface area contributed by atoms with Crippen molar-refractivity contribution in [3.8, 4) is 11.1 Å². The van der Waals surface area contributed by atoms with Gasteiger partial charge < -0.3 is 9.88 Å². The van der Waals surface area contributed by atoms with E-state index in [0.717, 1.165) is 11.3 Å². The van der Waals surface area contributed by atoms with Gasteiger partial charge in [-0.05, 0) is 107 Å². The molecule has 0 bridgehead atoms. The lowest BCUT2D eigenvalue weighted by Gasteiger charge is -2.17. The van der Waals surface area contributed by atoms with E-state index in [1.54, 1.807) is 43.5 Å². The number of allylic oxidation sites excluding steroid dienone is 1. The molecule has 0 unspecified atom stereocenters. The summed E-state index contributed by atoms with van der Waals surface area (Å²) < 4.78 is 43.6. The van der Waals surface area contributed by atoms with Gasteiger partial charge in [0.15, 0.2) is 5.78 Å². The number of nitrogens with zero attached hydrogens (tertiary/aromatic N) is 2. The largest absolute Gasteiger partial charge is 0.326 e. The van der Waals surface area contributed by atoms with Crippen molar-refractivity contribution in [2.24, 2.45) is 0 Å². The number of fused-ring (bicyclic) bond motifs is 1. The summed E-state index contributed by atoms with van der Waals surface area (Å²) in [4.78, 5) is 31.2. The fourth-order valence-corrected chi connectivity index (χ4v) is 8.11. The molecule has 5 rings (SSSR count). The number of Topliss-reactive ketones (excluding diaryl/α,β-unsaturated/α-hetero) is 1. The zero-order chi connectivity index (χ0) is 31.3. The lowest BCUT2D eigenvalue weighted by atomic mass is 9.93. The molecule has 0 saturated heterocycles. The Morgan fingerprint density at radius 3 is 2.42 bits per heavy atom. The zero-order valence-electron chi connectivity index (χ0n) is 25.4. The Morgan fingerprint density at radius 2 is 1.81 bits per heavy atom. The molecule has 226 valence electrons. The summed E-state index contributed by atoms with van der Waals surface area (Å²) in [5.74, 6) is -0.600. The highest BCUT2D eigenvalue weighted by Gasteiger charge is 2.54. The van der Waals surface area contributed by atoms with Crippen molar-refractivity contribution in [1.82, 2.24) is 13.9 Å². The maximum atomic E-state index is 15.2. The molecule has 1 saturated carbocycles. The highest BCUT2D eigenvalue weighted by Crippen LogP contribution is 2.49. The summed E-state index contributed by atoms with van der Waals surface area (Å²) in [6.45, 7) is 9.65. The van der Waals surface area contributed by atoms with Crippen molar-refractivity contribution in [2.75, 3.05) is 14.1 Å². The molecule has 1 aliphatic carbocycles. The van der Waals surface area contributed by atoms with Gasteiger partial charge in [0.05, 0.1) is 10.3 Å². The van der Waals surface area contributed by atoms with Gasteiger partial charge in [-0.2, -0.15) is 0 Å². The molecule has 1 aliphatic rings. The number of ketones is 1. The van der Waals surface area contributed by atoms with Crippen molar-refractivity contribution >= 4 is 26.7 Å². The number of H-pyrrole nitrogens is 1. The number of hydrogen-bond acceptors (Lipinski definition) is 5. The number of nitrogens with one attached hydrogen (secondary N) is 1. The van der Waals surface area contributed by atoms with Gasteiger partial charge in [0.1, 0.15) is 5.82 Å². The van der Waals surface area contributed by atoms with Crippen LogP contribution in [0.3, 0.4) is 0 Å². The molecule has 0 atom stereocenters. The van der Waals surface area contributed by atoms with Gasteiger partial charge in [-0.1, -0.05) is 18.2 Å². The van der Waals surface area contributed by atoms with E-state index in [1.807, 2.05) is 38.9 Å². The van der Waals surface area contributed by atoms with Crippen LogP contribution in [0.4, 0.5) is 4.39 Å². The van der Waals surface area contributed by atoms with Gasteiger partial charge in [-0.25, -0.2) is 16.8 Å². The first-order valence-electron chi connectivity index (χ1n) is 14.5. The normalized spacial score (nSPS) is 14.4. The Bertz CT molecular complexity index is 1930. The third-order valence-electron chi connectivity index (χ3n) is 8.46. The van der Waals surface area contributed by atoms with Crippen molar-refractivity contribution in [1.29, 1.82) is 0 Å². The summed E-state index contributed by atoms with van der Waals surface area (Å²) in [5, 5.41) is 0.547. The number of benzene rings is 2. The van der Waals surface area contributed by atoms with Crippen LogP contribution in [0.5, 0.6) is 0 Å². The average Bonchev–Trinajstić information content (AvgIpc) is 3.65. The lowest BCUT2D eigenvalue weighted by Crippen LogP contribution is -2.28. The Labute approximate surface area is 252 Å². The second kappa shape index (κ2) is 11.4. The molecule has 2 aromatic heterocycles. The van der Waals surface area contributed by atoms with Crippen LogP contribution >= 0.6 is 0 Å². The number of carbonyl (C=O) groups excluding carboxylic acids is 1. The minimum absolute atomic E-state index is 0.0550. The van der Waals surface area contributed by atoms with Gasteiger partial charge in [-0.15, -0.1) is 6.58 Å². The summed E-state index contributed by atoms with van der Waals surface area (Å²) in [6, 6.07) is 10.3. The number of rotatable bonds is 11. The lowest BCUT2D eigenvalue weighted by molar-refractivity contribution is 0.0984. The SMILES string of the molecule is C=CCC1(S(=O)(=O)n2cc(C)c3c(C(=O)CCc4c(C)cc(C)[nH]c4=O)cc(-c4ccc(CN(C)C)c(F)c4)cc32)CC1. The second-order valence-corrected chi connectivity index (χ2v) is 14.3. The average molecular weight is 604 g/mol. The third kappa shape index (κ3) is 5.63. The number of aromatic nitrogens is 2. The van der Waals surface area contributed by atoms with Crippen LogP contribution in [-0.2, 0) is 23.0 Å². The maximum absolute atomic E-state index is 15.2. The summed E-state index contributed by atoms with van der Waals surface area (Å²) in [6.07, 6.45) is 4.92. The monoisotopic (exact) mass is 603 g/mol. The topological polar surface area (TPSA) is 92.2 Å². The van der Waals surface area contributed by atoms with Crippen molar-refractivity contribution < 1.29 is 17.6 Å². The Kier molecular flexibility index (Phi) is 8.09. The van der Waals surface area contributed by atoms with Gasteiger partial charge in [0, 0.05) is 46.9 Å². The van der Waals surface area contributed by atoms with E-state index >= 15 is 4.39 Å². The predicted molar refractivity (Wildman–Crippen MR) is 170 cm³/mol. The molecule has 43 heavy (non-hydrogen) atoms. The molecule has 2 heterocycles. The molecule has 0 spiro atoms. The molecule has 1 N–H and O–H groups in total. The van der Waals surface area contributed by atoms with Gasteiger partial charge in [-0.3, -0.25) is 9.59 Å². The van der Waals surface area contributed by atoms with Crippen molar-refractivity contribution in [3.63, 3.8) is 0 Å². The van der Waals surface area contributed by atoms with Crippen LogP contribution in [0, 0.1) is 26.6 Å². The molecule has 9 heteroatoms. The second-order valence-electron chi connectivity index (χ2n) is 12.1. The first-order valence-corrected chi connectivity index (χ1v) is 15.9. The molecular formula is C34H38FN3O4S. The van der Waals surface area contributed by atoms with Crippen LogP contribution in [0.15, 0.2) is 60.0 Å². The smallest absolute Gasteiger partial charge is 0.251 e. The van der Waals surface area contributed by atoms with E-state index in [0.29, 0.717) is 70.1 Å². The van der Waals surface area contributed by atoms with Crippen molar-refractivity contribution in [2.45, 2.75) is 64.2 Å². The predicted octanol–water partition coefficient (Wildman–Crippen LogP) is 6.22. The zero-order valence-corrected chi connectivity index (χ0v) is 26.2. The number of aromatic amines is 1. The van der Waals surface area contributed by atoms with Crippen LogP contribution in [0.25, 0.3) is 22.0 Å². The summed E-state index contributed by atoms with van der Waals surface area (Å²) >= 11 is 0. The number of halogens is 1. The van der Waals surface area contributed by atoms with E-state index in [4.69, 9.17) is 0 Å². The number of aryl methyl sites for hydroxylation is 3. The number of pyridine rings is 1. The van der Waals surface area contributed by atoms with E-state index < -0.39 is 14.8 Å². The van der Waals surface area contributed by atoms with Gasteiger partial charge >= 0.3 is 0 Å². The molecule has 0 radical (unpaired) electrons. The Hall–Kier alpha value is -3.82. The summed E-state index contributed by atoms with van der Waals surface area (Å²) in [5.41, 5.74) is 4.89. The first-order chi connectivity index (χ1) is 20.3. The molecule has 0 amide bonds. The minimum atomic E-state index is -3.83. The number of carbonyl (C=O) groups is 1. The molecule has 7 nitrogen and oxygen atoms in total. The third-order valence-corrected chi connectivity index (χ3v) is 10.9. The highest BCUT2D eigenvalue weighted by atomic mass is 32.2. The maximum Gasteiger partial charge on any atom is 0.251 e. The van der Waals surface area contributed by atoms with E-state index in [2.05, 4.69) is 11.6 Å². The Morgan fingerprint density at radius 1 is 1.09 bits per heavy atom. The van der Waals surface area contributed by atoms with Crippen LogP contribution in [0.1, 0.15) is 64.0 Å². The summed E-state index contributed by atoms with van der Waals surface area (Å²) in [7, 11) is -0.102. The fourth-order valence-electron chi connectivity index (χ4n) is 6.05. The molecule has 0 aliphatic heterocycles. The molecule has 4 aromatic rings. The van der Waals surface area contributed by atoms with E-state index in [9.17, 15) is 18.0 Å². The first kappa shape index (κ1) is 30.6.